The Balaban J connectivity index is 2.90. The van der Waals surface area contributed by atoms with E-state index < -0.39 is 17.9 Å². The highest BCUT2D eigenvalue weighted by atomic mass is 16.4. The number of hydrogen-bond donors (Lipinski definition) is 4. The van der Waals surface area contributed by atoms with Crippen molar-refractivity contribution in [3.8, 4) is 0 Å². The maximum atomic E-state index is 10.9. The fourth-order valence-electron chi connectivity index (χ4n) is 1.38. The Morgan fingerprint density at radius 3 is 2.11 bits per heavy atom. The largest absolute Gasteiger partial charge is 0.480 e. The Morgan fingerprint density at radius 2 is 1.61 bits per heavy atom. The maximum Gasteiger partial charge on any atom is 0.336 e. The first-order chi connectivity index (χ1) is 8.41. The van der Waals surface area contributed by atoms with Gasteiger partial charge >= 0.3 is 17.9 Å². The van der Waals surface area contributed by atoms with Crippen molar-refractivity contribution in [2.75, 3.05) is 6.54 Å². The minimum Gasteiger partial charge on any atom is -0.480 e. The normalized spacial score (nSPS) is 10.0. The number of aliphatic carboxylic acids is 1. The lowest BCUT2D eigenvalue weighted by atomic mass is 10.0. The second-order valence-electron chi connectivity index (χ2n) is 3.49. The zero-order valence-electron chi connectivity index (χ0n) is 9.21. The molecule has 1 aromatic carbocycles. The summed E-state index contributed by atoms with van der Waals surface area (Å²) >= 11 is 0. The molecule has 4 N–H and O–H groups in total. The van der Waals surface area contributed by atoms with E-state index in [1.54, 1.807) is 0 Å². The molecule has 18 heavy (non-hydrogen) atoms. The van der Waals surface area contributed by atoms with Gasteiger partial charge in [-0.15, -0.1) is 0 Å². The Morgan fingerprint density at radius 1 is 1.00 bits per heavy atom. The van der Waals surface area contributed by atoms with Crippen molar-refractivity contribution in [3.63, 3.8) is 0 Å². The molecule has 7 nitrogen and oxygen atoms in total. The van der Waals surface area contributed by atoms with Crippen LogP contribution in [0.1, 0.15) is 26.3 Å². The van der Waals surface area contributed by atoms with E-state index >= 15 is 0 Å². The highest BCUT2D eigenvalue weighted by Crippen LogP contribution is 2.12. The van der Waals surface area contributed by atoms with Crippen LogP contribution in [0.4, 0.5) is 0 Å². The van der Waals surface area contributed by atoms with Crippen molar-refractivity contribution >= 4 is 17.9 Å². The molecule has 0 saturated carbocycles. The van der Waals surface area contributed by atoms with Gasteiger partial charge in [-0.25, -0.2) is 9.59 Å². The fourth-order valence-corrected chi connectivity index (χ4v) is 1.38. The maximum absolute atomic E-state index is 10.9. The summed E-state index contributed by atoms with van der Waals surface area (Å²) in [7, 11) is 0. The molecule has 0 aliphatic heterocycles. The van der Waals surface area contributed by atoms with Crippen LogP contribution in [0.2, 0.25) is 0 Å². The van der Waals surface area contributed by atoms with Gasteiger partial charge in [0, 0.05) is 6.54 Å². The molecule has 1 aromatic rings. The summed E-state index contributed by atoms with van der Waals surface area (Å²) in [5.74, 6) is -3.69. The first kappa shape index (κ1) is 13.7. The summed E-state index contributed by atoms with van der Waals surface area (Å²) in [6, 6.07) is 3.83. The van der Waals surface area contributed by atoms with Crippen LogP contribution in [0.15, 0.2) is 18.2 Å². The first-order valence-corrected chi connectivity index (χ1v) is 4.94. The molecule has 0 fully saturated rings. The average Bonchev–Trinajstić information content (AvgIpc) is 2.28. The highest BCUT2D eigenvalue weighted by Gasteiger charge is 2.16. The summed E-state index contributed by atoms with van der Waals surface area (Å²) in [5.41, 5.74) is -0.125. The van der Waals surface area contributed by atoms with E-state index in [0.717, 1.165) is 0 Å². The van der Waals surface area contributed by atoms with E-state index in [1.807, 2.05) is 0 Å². The molecule has 0 radical (unpaired) electrons. The zero-order valence-corrected chi connectivity index (χ0v) is 9.21. The van der Waals surface area contributed by atoms with Crippen LogP contribution in [-0.4, -0.2) is 39.8 Å². The number of rotatable bonds is 6. The van der Waals surface area contributed by atoms with Crippen molar-refractivity contribution in [3.05, 3.63) is 34.9 Å². The molecule has 7 heteroatoms. The molecule has 0 saturated heterocycles. The lowest BCUT2D eigenvalue weighted by Crippen LogP contribution is -2.22. The monoisotopic (exact) mass is 253 g/mol. The van der Waals surface area contributed by atoms with Gasteiger partial charge in [0.2, 0.25) is 0 Å². The third-order valence-corrected chi connectivity index (χ3v) is 2.15. The third kappa shape index (κ3) is 3.56. The van der Waals surface area contributed by atoms with Gasteiger partial charge in [-0.3, -0.25) is 4.79 Å². The molecule has 0 amide bonds. The smallest absolute Gasteiger partial charge is 0.336 e. The van der Waals surface area contributed by atoms with E-state index in [-0.39, 0.29) is 24.2 Å². The predicted octanol–water partition coefficient (Wildman–Crippen LogP) is 0.257. The molecule has 0 heterocycles. The standard InChI is InChI=1S/C11H11NO6/c13-9(14)5-12-4-6-1-2-7(10(15)16)8(3-6)11(17)18/h1-3,12H,4-5H2,(H,13,14)(H,15,16)(H,17,18). The summed E-state index contributed by atoms with van der Waals surface area (Å²) in [4.78, 5) is 31.9. The van der Waals surface area contributed by atoms with Crippen LogP contribution >= 0.6 is 0 Å². The zero-order chi connectivity index (χ0) is 13.7. The summed E-state index contributed by atoms with van der Waals surface area (Å²) in [5, 5.41) is 28.7. The molecular formula is C11H11NO6. The lowest BCUT2D eigenvalue weighted by Gasteiger charge is -2.06. The molecule has 1 rings (SSSR count). The van der Waals surface area contributed by atoms with Crippen LogP contribution in [0.3, 0.4) is 0 Å². The summed E-state index contributed by atoms with van der Waals surface area (Å²) in [6.07, 6.45) is 0. The molecule has 0 aliphatic carbocycles. The minimum absolute atomic E-state index is 0.145. The van der Waals surface area contributed by atoms with Crippen LogP contribution < -0.4 is 5.32 Å². The second-order valence-corrected chi connectivity index (χ2v) is 3.49. The minimum atomic E-state index is -1.34. The Bertz CT molecular complexity index is 496. The number of carboxylic acids is 3. The van der Waals surface area contributed by atoms with Gasteiger partial charge in [0.05, 0.1) is 17.7 Å². The summed E-state index contributed by atoms with van der Waals surface area (Å²) in [6.45, 7) is -0.116. The molecule has 0 atom stereocenters. The number of carbonyl (C=O) groups is 3. The van der Waals surface area contributed by atoms with Gasteiger partial charge in [0.25, 0.3) is 0 Å². The summed E-state index contributed by atoms with van der Waals surface area (Å²) < 4.78 is 0. The van der Waals surface area contributed by atoms with Crippen LogP contribution in [0, 0.1) is 0 Å². The quantitative estimate of drug-likeness (QED) is 0.573. The second kappa shape index (κ2) is 5.78. The number of nitrogens with one attached hydrogen (secondary N) is 1. The fraction of sp³-hybridized carbons (Fsp3) is 0.182. The van der Waals surface area contributed by atoms with Crippen molar-refractivity contribution in [2.45, 2.75) is 6.54 Å². The molecule has 0 aliphatic rings. The van der Waals surface area contributed by atoms with Gasteiger partial charge in [-0.1, -0.05) is 6.07 Å². The van der Waals surface area contributed by atoms with Gasteiger partial charge in [0.1, 0.15) is 0 Å². The first-order valence-electron chi connectivity index (χ1n) is 4.94. The molecular weight excluding hydrogens is 242 g/mol. The van der Waals surface area contributed by atoms with Crippen LogP contribution in [-0.2, 0) is 11.3 Å². The Labute approximate surface area is 102 Å². The lowest BCUT2D eigenvalue weighted by molar-refractivity contribution is -0.136. The topological polar surface area (TPSA) is 124 Å². The highest BCUT2D eigenvalue weighted by molar-refractivity contribution is 6.01. The van der Waals surface area contributed by atoms with Gasteiger partial charge in [-0.2, -0.15) is 0 Å². The van der Waals surface area contributed by atoms with Gasteiger partial charge in [0.15, 0.2) is 0 Å². The Hall–Kier alpha value is -2.41. The van der Waals surface area contributed by atoms with E-state index in [1.165, 1.54) is 18.2 Å². The van der Waals surface area contributed by atoms with Crippen molar-refractivity contribution in [1.82, 2.24) is 5.32 Å². The Kier molecular flexibility index (Phi) is 4.39. The third-order valence-electron chi connectivity index (χ3n) is 2.15. The number of hydrogen-bond acceptors (Lipinski definition) is 4. The predicted molar refractivity (Wildman–Crippen MR) is 59.7 cm³/mol. The number of carboxylic acid groups (broad SMARTS) is 3. The number of aromatic carboxylic acids is 2. The average molecular weight is 253 g/mol. The molecule has 96 valence electrons. The number of benzene rings is 1. The van der Waals surface area contributed by atoms with Crippen molar-refractivity contribution < 1.29 is 29.7 Å². The van der Waals surface area contributed by atoms with Crippen molar-refractivity contribution in [1.29, 1.82) is 0 Å². The van der Waals surface area contributed by atoms with Crippen molar-refractivity contribution in [2.24, 2.45) is 0 Å². The van der Waals surface area contributed by atoms with Crippen LogP contribution in [0.25, 0.3) is 0 Å². The van der Waals surface area contributed by atoms with Gasteiger partial charge in [-0.05, 0) is 17.7 Å². The molecule has 0 spiro atoms. The van der Waals surface area contributed by atoms with Crippen LogP contribution in [0.5, 0.6) is 0 Å². The SMILES string of the molecule is O=C(O)CNCc1ccc(C(=O)O)c(C(=O)O)c1. The van der Waals surface area contributed by atoms with E-state index in [0.29, 0.717) is 5.56 Å². The molecule has 0 unspecified atom stereocenters. The van der Waals surface area contributed by atoms with E-state index in [4.69, 9.17) is 15.3 Å². The van der Waals surface area contributed by atoms with E-state index in [2.05, 4.69) is 5.32 Å². The molecule has 0 bridgehead atoms. The van der Waals surface area contributed by atoms with E-state index in [9.17, 15) is 14.4 Å². The van der Waals surface area contributed by atoms with Gasteiger partial charge < -0.3 is 20.6 Å². The molecule has 0 aromatic heterocycles.